The maximum absolute atomic E-state index is 12.6. The number of carbonyl (C=O) groups excluding carboxylic acids is 1. The summed E-state index contributed by atoms with van der Waals surface area (Å²) in [6.07, 6.45) is 5.45. The van der Waals surface area contributed by atoms with Crippen LogP contribution in [0.1, 0.15) is 23.6 Å². The second-order valence-electron chi connectivity index (χ2n) is 6.03. The van der Waals surface area contributed by atoms with Crippen molar-refractivity contribution in [3.63, 3.8) is 0 Å². The zero-order valence-electron chi connectivity index (χ0n) is 13.8. The normalized spacial score (nSPS) is 14.0. The molecule has 1 saturated carbocycles. The zero-order chi connectivity index (χ0) is 17.9. The van der Waals surface area contributed by atoms with Gasteiger partial charge in [-0.2, -0.15) is 0 Å². The largest absolute Gasteiger partial charge is 0.419 e. The molecular weight excluding hydrogens is 370 g/mol. The third-order valence-electron chi connectivity index (χ3n) is 4.08. The zero-order valence-corrected chi connectivity index (χ0v) is 15.4. The Hall–Kier alpha value is -2.44. The Morgan fingerprint density at radius 3 is 2.85 bits per heavy atom. The lowest BCUT2D eigenvalue weighted by atomic mass is 10.2. The molecule has 1 aromatic carbocycles. The molecule has 0 bridgehead atoms. The topological polar surface area (TPSA) is 59.2 Å². The van der Waals surface area contributed by atoms with Crippen molar-refractivity contribution in [2.24, 2.45) is 0 Å². The standard InChI is InChI=1S/C19H16ClN3O2S/c20-16-6-2-1-5-15(16)19-22-21-17(25-19)12-23(13-7-8-13)18(24)10-9-14-4-3-11-26-14/h1-6,9-11,13H,7-8,12H2. The van der Waals surface area contributed by atoms with Gasteiger partial charge in [-0.15, -0.1) is 21.5 Å². The van der Waals surface area contributed by atoms with E-state index in [1.165, 1.54) is 0 Å². The summed E-state index contributed by atoms with van der Waals surface area (Å²) in [6.45, 7) is 0.301. The van der Waals surface area contributed by atoms with Gasteiger partial charge in [0.2, 0.25) is 17.7 Å². The molecular formula is C19H16ClN3O2S. The van der Waals surface area contributed by atoms with Crippen LogP contribution in [0.15, 0.2) is 52.3 Å². The van der Waals surface area contributed by atoms with Crippen molar-refractivity contribution >= 4 is 34.9 Å². The summed E-state index contributed by atoms with van der Waals surface area (Å²) in [7, 11) is 0. The smallest absolute Gasteiger partial charge is 0.249 e. The Kier molecular flexibility index (Phi) is 4.86. The van der Waals surface area contributed by atoms with Gasteiger partial charge in [-0.3, -0.25) is 4.79 Å². The Bertz CT molecular complexity index is 932. The maximum Gasteiger partial charge on any atom is 0.249 e. The first kappa shape index (κ1) is 17.0. The summed E-state index contributed by atoms with van der Waals surface area (Å²) in [5, 5.41) is 10.7. The second kappa shape index (κ2) is 7.43. The van der Waals surface area contributed by atoms with Gasteiger partial charge in [-0.25, -0.2) is 0 Å². The number of rotatable bonds is 6. The van der Waals surface area contributed by atoms with Crippen molar-refractivity contribution in [3.8, 4) is 11.5 Å². The van der Waals surface area contributed by atoms with Crippen LogP contribution < -0.4 is 0 Å². The third kappa shape index (κ3) is 3.86. The molecule has 0 radical (unpaired) electrons. The van der Waals surface area contributed by atoms with E-state index in [0.717, 1.165) is 17.7 Å². The molecule has 2 heterocycles. The predicted octanol–water partition coefficient (Wildman–Crippen LogP) is 4.66. The van der Waals surface area contributed by atoms with E-state index in [4.69, 9.17) is 16.0 Å². The highest BCUT2D eigenvalue weighted by Gasteiger charge is 2.32. The van der Waals surface area contributed by atoms with Crippen molar-refractivity contribution in [2.75, 3.05) is 0 Å². The average Bonchev–Trinajstić information content (AvgIpc) is 3.16. The average molecular weight is 386 g/mol. The van der Waals surface area contributed by atoms with Gasteiger partial charge >= 0.3 is 0 Å². The Labute approximate surface area is 159 Å². The highest BCUT2D eigenvalue weighted by Crippen LogP contribution is 2.30. The maximum atomic E-state index is 12.6. The number of carbonyl (C=O) groups is 1. The van der Waals surface area contributed by atoms with E-state index in [1.807, 2.05) is 41.8 Å². The van der Waals surface area contributed by atoms with E-state index in [-0.39, 0.29) is 11.9 Å². The number of nitrogens with zero attached hydrogens (tertiary/aromatic N) is 3. The molecule has 4 rings (SSSR count). The summed E-state index contributed by atoms with van der Waals surface area (Å²) < 4.78 is 5.74. The van der Waals surface area contributed by atoms with Crippen LogP contribution in [0.5, 0.6) is 0 Å². The molecule has 7 heteroatoms. The fourth-order valence-electron chi connectivity index (χ4n) is 2.62. The van der Waals surface area contributed by atoms with Crippen LogP contribution in [-0.2, 0) is 11.3 Å². The Balaban J connectivity index is 1.49. The minimum Gasteiger partial charge on any atom is -0.419 e. The van der Waals surface area contributed by atoms with Gasteiger partial charge < -0.3 is 9.32 Å². The summed E-state index contributed by atoms with van der Waals surface area (Å²) in [5.74, 6) is 0.728. The lowest BCUT2D eigenvalue weighted by Gasteiger charge is -2.18. The van der Waals surface area contributed by atoms with Crippen LogP contribution in [0.3, 0.4) is 0 Å². The molecule has 0 saturated heterocycles. The molecule has 0 aliphatic heterocycles. The van der Waals surface area contributed by atoms with E-state index >= 15 is 0 Å². The Morgan fingerprint density at radius 2 is 2.12 bits per heavy atom. The first-order valence-corrected chi connectivity index (χ1v) is 9.56. The van der Waals surface area contributed by atoms with E-state index in [1.54, 1.807) is 28.4 Å². The lowest BCUT2D eigenvalue weighted by Crippen LogP contribution is -2.31. The van der Waals surface area contributed by atoms with Crippen LogP contribution in [0.4, 0.5) is 0 Å². The highest BCUT2D eigenvalue weighted by molar-refractivity contribution is 7.10. The number of hydrogen-bond donors (Lipinski definition) is 0. The number of amides is 1. The molecule has 0 spiro atoms. The molecule has 2 aromatic heterocycles. The predicted molar refractivity (Wildman–Crippen MR) is 102 cm³/mol. The molecule has 0 N–H and O–H groups in total. The summed E-state index contributed by atoms with van der Waals surface area (Å²) in [6, 6.07) is 11.5. The van der Waals surface area contributed by atoms with E-state index < -0.39 is 0 Å². The first-order chi connectivity index (χ1) is 12.7. The van der Waals surface area contributed by atoms with Gasteiger partial charge in [0.25, 0.3) is 0 Å². The molecule has 0 unspecified atom stereocenters. The molecule has 132 valence electrons. The van der Waals surface area contributed by atoms with Crippen LogP contribution in [0.25, 0.3) is 17.5 Å². The Morgan fingerprint density at radius 1 is 1.27 bits per heavy atom. The van der Waals surface area contributed by atoms with Crippen LogP contribution in [0, 0.1) is 0 Å². The van der Waals surface area contributed by atoms with Gasteiger partial charge in [-0.05, 0) is 42.5 Å². The molecule has 1 aliphatic rings. The number of benzene rings is 1. The van der Waals surface area contributed by atoms with Crippen LogP contribution in [-0.4, -0.2) is 27.0 Å². The number of aromatic nitrogens is 2. The highest BCUT2D eigenvalue weighted by atomic mass is 35.5. The fraction of sp³-hybridized carbons (Fsp3) is 0.211. The molecule has 1 aliphatic carbocycles. The lowest BCUT2D eigenvalue weighted by molar-refractivity contribution is -0.127. The third-order valence-corrected chi connectivity index (χ3v) is 5.25. The number of hydrogen-bond acceptors (Lipinski definition) is 5. The fourth-order valence-corrected chi connectivity index (χ4v) is 3.45. The molecule has 3 aromatic rings. The summed E-state index contributed by atoms with van der Waals surface area (Å²) in [4.78, 5) is 15.4. The first-order valence-electron chi connectivity index (χ1n) is 8.30. The summed E-state index contributed by atoms with van der Waals surface area (Å²) >= 11 is 7.77. The molecule has 1 fully saturated rings. The van der Waals surface area contributed by atoms with Gasteiger partial charge in [-0.1, -0.05) is 29.8 Å². The minimum atomic E-state index is -0.0432. The quantitative estimate of drug-likeness (QED) is 0.579. The second-order valence-corrected chi connectivity index (χ2v) is 7.41. The van der Waals surface area contributed by atoms with Crippen LogP contribution >= 0.6 is 22.9 Å². The van der Waals surface area contributed by atoms with Gasteiger partial charge in [0.15, 0.2) is 0 Å². The SMILES string of the molecule is O=C(C=Cc1cccs1)N(Cc1nnc(-c2ccccc2Cl)o1)C1CC1. The molecule has 5 nitrogen and oxygen atoms in total. The number of halogens is 1. The van der Waals surface area contributed by atoms with Crippen molar-refractivity contribution in [1.29, 1.82) is 0 Å². The van der Waals surface area contributed by atoms with Crippen molar-refractivity contribution in [3.05, 3.63) is 63.6 Å². The summed E-state index contributed by atoms with van der Waals surface area (Å²) in [5.41, 5.74) is 0.690. The van der Waals surface area contributed by atoms with E-state index in [9.17, 15) is 4.79 Å². The molecule has 0 atom stereocenters. The minimum absolute atomic E-state index is 0.0432. The van der Waals surface area contributed by atoms with Gasteiger partial charge in [0, 0.05) is 17.0 Å². The van der Waals surface area contributed by atoms with E-state index in [0.29, 0.717) is 28.9 Å². The van der Waals surface area contributed by atoms with Crippen molar-refractivity contribution in [1.82, 2.24) is 15.1 Å². The molecule has 1 amide bonds. The molecule has 26 heavy (non-hydrogen) atoms. The van der Waals surface area contributed by atoms with Crippen LogP contribution in [0.2, 0.25) is 5.02 Å². The van der Waals surface area contributed by atoms with Crippen molar-refractivity contribution < 1.29 is 9.21 Å². The van der Waals surface area contributed by atoms with E-state index in [2.05, 4.69) is 10.2 Å². The number of thiophene rings is 1. The monoisotopic (exact) mass is 385 g/mol. The van der Waals surface area contributed by atoms with Gasteiger partial charge in [0.05, 0.1) is 17.1 Å². The van der Waals surface area contributed by atoms with Gasteiger partial charge in [0.1, 0.15) is 0 Å². The van der Waals surface area contributed by atoms with Crippen molar-refractivity contribution in [2.45, 2.75) is 25.4 Å².